The maximum absolute atomic E-state index is 12.2. The maximum Gasteiger partial charge on any atom is 0.243 e. The fourth-order valence-electron chi connectivity index (χ4n) is 1.61. The fourth-order valence-corrected chi connectivity index (χ4v) is 2.74. The largest absolute Gasteiger partial charge is 0.399 e. The van der Waals surface area contributed by atoms with Crippen molar-refractivity contribution in [1.82, 2.24) is 9.62 Å². The average molecular weight is 283 g/mol. The molecule has 1 fully saturated rings. The lowest BCUT2D eigenvalue weighted by atomic mass is 10.3. The molecule has 1 aliphatic carbocycles. The van der Waals surface area contributed by atoms with Crippen molar-refractivity contribution < 1.29 is 13.2 Å². The number of likely N-dealkylation sites (N-methyl/N-ethyl adjacent to an activating group) is 1. The van der Waals surface area contributed by atoms with Crippen molar-refractivity contribution in [3.05, 3.63) is 24.3 Å². The Balaban J connectivity index is 2.05. The number of carbonyl (C=O) groups excluding carboxylic acids is 1. The number of nitrogens with two attached hydrogens (primary N) is 1. The maximum atomic E-state index is 12.2. The molecule has 2 rings (SSSR count). The highest BCUT2D eigenvalue weighted by Crippen LogP contribution is 2.19. The summed E-state index contributed by atoms with van der Waals surface area (Å²) in [5.74, 6) is -0.274. The minimum Gasteiger partial charge on any atom is -0.399 e. The lowest BCUT2D eigenvalue weighted by Crippen LogP contribution is -2.39. The summed E-state index contributed by atoms with van der Waals surface area (Å²) in [4.78, 5) is 11.7. The zero-order valence-corrected chi connectivity index (χ0v) is 11.5. The molecule has 0 heterocycles. The topological polar surface area (TPSA) is 92.5 Å². The van der Waals surface area contributed by atoms with Gasteiger partial charge in [-0.25, -0.2) is 8.42 Å². The predicted molar refractivity (Wildman–Crippen MR) is 71.8 cm³/mol. The molecule has 0 saturated heterocycles. The molecule has 3 N–H and O–H groups in total. The summed E-state index contributed by atoms with van der Waals surface area (Å²) in [6.45, 7) is -0.177. The Hall–Kier alpha value is -1.60. The van der Waals surface area contributed by atoms with Crippen molar-refractivity contribution in [2.24, 2.45) is 0 Å². The molecule has 7 heteroatoms. The molecule has 1 amide bonds. The number of carbonyl (C=O) groups is 1. The minimum absolute atomic E-state index is 0.128. The Labute approximate surface area is 112 Å². The van der Waals surface area contributed by atoms with Crippen LogP contribution in [0.5, 0.6) is 0 Å². The van der Waals surface area contributed by atoms with Gasteiger partial charge in [-0.15, -0.1) is 0 Å². The van der Waals surface area contributed by atoms with Crippen LogP contribution in [0.15, 0.2) is 29.2 Å². The number of nitrogens with one attached hydrogen (secondary N) is 1. The zero-order valence-electron chi connectivity index (χ0n) is 10.7. The van der Waals surface area contributed by atoms with Gasteiger partial charge in [-0.2, -0.15) is 4.31 Å². The third-order valence-corrected chi connectivity index (χ3v) is 4.71. The van der Waals surface area contributed by atoms with Gasteiger partial charge in [-0.3, -0.25) is 4.79 Å². The van der Waals surface area contributed by atoms with E-state index in [1.807, 2.05) is 0 Å². The number of anilines is 1. The first-order valence-corrected chi connectivity index (χ1v) is 7.45. The number of benzene rings is 1. The van der Waals surface area contributed by atoms with E-state index < -0.39 is 10.0 Å². The third-order valence-electron chi connectivity index (χ3n) is 2.90. The Morgan fingerprint density at radius 2 is 1.95 bits per heavy atom. The van der Waals surface area contributed by atoms with Gasteiger partial charge in [0.25, 0.3) is 0 Å². The van der Waals surface area contributed by atoms with E-state index in [9.17, 15) is 13.2 Å². The summed E-state index contributed by atoms with van der Waals surface area (Å²) in [7, 11) is -2.26. The number of hydrogen-bond acceptors (Lipinski definition) is 4. The van der Waals surface area contributed by atoms with Crippen LogP contribution in [0.2, 0.25) is 0 Å². The molecule has 0 radical (unpaired) electrons. The Bertz CT molecular complexity index is 564. The average Bonchev–Trinajstić information content (AvgIpc) is 3.13. The molecular formula is C12H17N3O3S. The molecule has 0 bridgehead atoms. The van der Waals surface area contributed by atoms with E-state index in [4.69, 9.17) is 5.73 Å². The summed E-state index contributed by atoms with van der Waals surface area (Å²) in [6.07, 6.45) is 1.94. The van der Waals surface area contributed by atoms with Crippen LogP contribution in [-0.2, 0) is 14.8 Å². The quantitative estimate of drug-likeness (QED) is 0.753. The standard InChI is InChI=1S/C12H17N3O3S/c1-15(8-12(16)14-10-4-5-10)19(17,18)11-6-2-9(13)3-7-11/h2-3,6-7,10H,4-5,8,13H2,1H3,(H,14,16). The molecule has 1 aromatic rings. The van der Waals surface area contributed by atoms with E-state index in [0.29, 0.717) is 5.69 Å². The van der Waals surface area contributed by atoms with Crippen molar-refractivity contribution in [2.75, 3.05) is 19.3 Å². The highest BCUT2D eigenvalue weighted by molar-refractivity contribution is 7.89. The van der Waals surface area contributed by atoms with Gasteiger partial charge < -0.3 is 11.1 Å². The van der Waals surface area contributed by atoms with E-state index in [0.717, 1.165) is 17.1 Å². The number of nitrogens with zero attached hydrogens (tertiary/aromatic N) is 1. The second-order valence-corrected chi connectivity index (χ2v) is 6.72. The first-order chi connectivity index (χ1) is 8.89. The number of amides is 1. The van der Waals surface area contributed by atoms with Crippen LogP contribution in [-0.4, -0.2) is 38.3 Å². The Morgan fingerprint density at radius 1 is 1.37 bits per heavy atom. The summed E-state index contributed by atoms with van der Waals surface area (Å²) in [5.41, 5.74) is 6.01. The number of sulfonamides is 1. The molecule has 0 unspecified atom stereocenters. The molecule has 104 valence electrons. The van der Waals surface area contributed by atoms with Crippen LogP contribution in [0.3, 0.4) is 0 Å². The van der Waals surface area contributed by atoms with Gasteiger partial charge in [0.15, 0.2) is 0 Å². The lowest BCUT2D eigenvalue weighted by molar-refractivity contribution is -0.121. The smallest absolute Gasteiger partial charge is 0.243 e. The van der Waals surface area contributed by atoms with Gasteiger partial charge in [0, 0.05) is 18.8 Å². The number of hydrogen-bond donors (Lipinski definition) is 2. The van der Waals surface area contributed by atoms with E-state index in [1.54, 1.807) is 0 Å². The van der Waals surface area contributed by atoms with E-state index in [1.165, 1.54) is 31.3 Å². The minimum atomic E-state index is -3.65. The molecule has 1 aromatic carbocycles. The van der Waals surface area contributed by atoms with Gasteiger partial charge in [0.2, 0.25) is 15.9 Å². The molecule has 1 aliphatic rings. The van der Waals surface area contributed by atoms with Crippen molar-refractivity contribution in [3.63, 3.8) is 0 Å². The SMILES string of the molecule is CN(CC(=O)NC1CC1)S(=O)(=O)c1ccc(N)cc1. The lowest BCUT2D eigenvalue weighted by Gasteiger charge is -2.16. The monoisotopic (exact) mass is 283 g/mol. The first-order valence-electron chi connectivity index (χ1n) is 6.01. The summed E-state index contributed by atoms with van der Waals surface area (Å²) in [6, 6.07) is 6.12. The van der Waals surface area contributed by atoms with Crippen molar-refractivity contribution >= 4 is 21.6 Å². The molecular weight excluding hydrogens is 266 g/mol. The van der Waals surface area contributed by atoms with Crippen LogP contribution in [0.4, 0.5) is 5.69 Å². The van der Waals surface area contributed by atoms with Crippen LogP contribution in [0.1, 0.15) is 12.8 Å². The van der Waals surface area contributed by atoms with Gasteiger partial charge in [-0.05, 0) is 37.1 Å². The first kappa shape index (κ1) is 13.8. The molecule has 6 nitrogen and oxygen atoms in total. The molecule has 1 saturated carbocycles. The number of rotatable bonds is 5. The molecule has 0 spiro atoms. The van der Waals surface area contributed by atoms with E-state index in [-0.39, 0.29) is 23.4 Å². The van der Waals surface area contributed by atoms with Crippen LogP contribution in [0, 0.1) is 0 Å². The third kappa shape index (κ3) is 3.45. The Morgan fingerprint density at radius 3 is 2.47 bits per heavy atom. The highest BCUT2D eigenvalue weighted by Gasteiger charge is 2.27. The van der Waals surface area contributed by atoms with Gasteiger partial charge in [-0.1, -0.05) is 0 Å². The predicted octanol–water partition coefficient (Wildman–Crippen LogP) is 0.168. The molecule has 0 aromatic heterocycles. The highest BCUT2D eigenvalue weighted by atomic mass is 32.2. The van der Waals surface area contributed by atoms with Gasteiger partial charge >= 0.3 is 0 Å². The number of nitrogen functional groups attached to an aromatic ring is 1. The second kappa shape index (κ2) is 5.18. The van der Waals surface area contributed by atoms with Gasteiger partial charge in [0.05, 0.1) is 11.4 Å². The normalized spacial score (nSPS) is 15.5. The van der Waals surface area contributed by atoms with Crippen molar-refractivity contribution in [1.29, 1.82) is 0 Å². The van der Waals surface area contributed by atoms with E-state index in [2.05, 4.69) is 5.32 Å². The summed E-state index contributed by atoms with van der Waals surface area (Å²) >= 11 is 0. The van der Waals surface area contributed by atoms with Crippen LogP contribution in [0.25, 0.3) is 0 Å². The summed E-state index contributed by atoms with van der Waals surface area (Å²) in [5, 5.41) is 2.75. The Kier molecular flexibility index (Phi) is 3.77. The fraction of sp³-hybridized carbons (Fsp3) is 0.417. The van der Waals surface area contributed by atoms with E-state index >= 15 is 0 Å². The van der Waals surface area contributed by atoms with Crippen molar-refractivity contribution in [3.8, 4) is 0 Å². The van der Waals surface area contributed by atoms with Crippen LogP contribution >= 0.6 is 0 Å². The summed E-state index contributed by atoms with van der Waals surface area (Å²) < 4.78 is 25.4. The molecule has 19 heavy (non-hydrogen) atoms. The van der Waals surface area contributed by atoms with Crippen molar-refractivity contribution in [2.45, 2.75) is 23.8 Å². The second-order valence-electron chi connectivity index (χ2n) is 4.67. The van der Waals surface area contributed by atoms with Gasteiger partial charge in [0.1, 0.15) is 0 Å². The molecule has 0 aliphatic heterocycles. The van der Waals surface area contributed by atoms with Crippen LogP contribution < -0.4 is 11.1 Å². The molecule has 0 atom stereocenters. The zero-order chi connectivity index (χ0) is 14.0.